The zero-order valence-electron chi connectivity index (χ0n) is 12.6. The van der Waals surface area contributed by atoms with Crippen molar-refractivity contribution in [1.82, 2.24) is 0 Å². The van der Waals surface area contributed by atoms with Gasteiger partial charge in [-0.15, -0.1) is 0 Å². The Kier molecular flexibility index (Phi) is 4.58. The molecule has 0 aliphatic heterocycles. The van der Waals surface area contributed by atoms with Crippen LogP contribution in [0.2, 0.25) is 0 Å². The first-order valence-corrected chi connectivity index (χ1v) is 8.91. The van der Waals surface area contributed by atoms with E-state index in [1.807, 2.05) is 0 Å². The van der Waals surface area contributed by atoms with Gasteiger partial charge in [0.05, 0.1) is 11.9 Å². The fourth-order valence-corrected chi connectivity index (χ4v) is 5.16. The molecule has 0 amide bonds. The van der Waals surface area contributed by atoms with Crippen molar-refractivity contribution in [2.45, 2.75) is 25.0 Å². The van der Waals surface area contributed by atoms with Crippen LogP contribution in [0.4, 0.5) is 4.39 Å². The molecule has 0 bridgehead atoms. The fraction of sp³-hybridized carbons (Fsp3) is 0.533. The van der Waals surface area contributed by atoms with Gasteiger partial charge in [-0.3, -0.25) is 4.79 Å². The first kappa shape index (κ1) is 16.9. The summed E-state index contributed by atoms with van der Waals surface area (Å²) in [4.78, 5) is 12.3. The maximum atomic E-state index is 13.1. The van der Waals surface area contributed by atoms with Gasteiger partial charge in [0, 0.05) is 18.2 Å². The smallest absolute Gasteiger partial charge is 0.315 e. The number of nitrogens with two attached hydrogens (primary N) is 1. The Morgan fingerprint density at radius 2 is 1.91 bits per heavy atom. The van der Waals surface area contributed by atoms with Gasteiger partial charge in [-0.1, -0.05) is 19.1 Å². The number of carbonyl (C=O) groups excluding carboxylic acids is 1. The van der Waals surface area contributed by atoms with Gasteiger partial charge in [-0.2, -0.15) is 0 Å². The summed E-state index contributed by atoms with van der Waals surface area (Å²) < 4.78 is 42.9. The lowest BCUT2D eigenvalue weighted by Crippen LogP contribution is -2.34. The minimum atomic E-state index is -3.49. The third-order valence-electron chi connectivity index (χ3n) is 4.27. The highest BCUT2D eigenvalue weighted by Gasteiger charge is 2.74. The molecule has 122 valence electrons. The molecule has 0 saturated heterocycles. The number of hydrogen-bond donors (Lipinski definition) is 1. The normalized spacial score (nSPS) is 27.5. The number of rotatable bonds is 6. The molecule has 5 nitrogen and oxygen atoms in total. The van der Waals surface area contributed by atoms with Crippen molar-refractivity contribution in [3.05, 3.63) is 35.6 Å². The predicted octanol–water partition coefficient (Wildman–Crippen LogP) is 1.23. The number of ether oxygens (including phenoxy) is 1. The van der Waals surface area contributed by atoms with Crippen molar-refractivity contribution >= 4 is 15.8 Å². The van der Waals surface area contributed by atoms with Crippen molar-refractivity contribution in [2.24, 2.45) is 11.1 Å². The van der Waals surface area contributed by atoms with E-state index in [1.165, 1.54) is 31.2 Å². The quantitative estimate of drug-likeness (QED) is 0.793. The summed E-state index contributed by atoms with van der Waals surface area (Å²) in [7, 11) is -3.49. The molecule has 3 atom stereocenters. The van der Waals surface area contributed by atoms with Gasteiger partial charge in [0.25, 0.3) is 0 Å². The Hall–Kier alpha value is -1.47. The highest BCUT2D eigenvalue weighted by Crippen LogP contribution is 2.63. The zero-order valence-corrected chi connectivity index (χ0v) is 13.4. The second kappa shape index (κ2) is 5.96. The van der Waals surface area contributed by atoms with Crippen LogP contribution in [-0.2, 0) is 19.4 Å². The summed E-state index contributed by atoms with van der Waals surface area (Å²) >= 11 is 0. The molecule has 0 unspecified atom stereocenters. The summed E-state index contributed by atoms with van der Waals surface area (Å²) in [5.41, 5.74) is 5.07. The molecule has 0 heterocycles. The van der Waals surface area contributed by atoms with Crippen molar-refractivity contribution in [3.8, 4) is 0 Å². The molecule has 1 aliphatic carbocycles. The van der Waals surface area contributed by atoms with E-state index in [2.05, 4.69) is 0 Å². The van der Waals surface area contributed by atoms with Gasteiger partial charge in [-0.25, -0.2) is 12.8 Å². The van der Waals surface area contributed by atoms with E-state index in [0.717, 1.165) is 0 Å². The molecule has 7 heteroatoms. The lowest BCUT2D eigenvalue weighted by Gasteiger charge is -2.14. The van der Waals surface area contributed by atoms with E-state index >= 15 is 0 Å². The van der Waals surface area contributed by atoms with E-state index in [4.69, 9.17) is 10.5 Å². The summed E-state index contributed by atoms with van der Waals surface area (Å²) in [6.45, 7) is 3.20. The Balaban J connectivity index is 2.49. The van der Waals surface area contributed by atoms with Crippen molar-refractivity contribution in [2.75, 3.05) is 18.9 Å². The van der Waals surface area contributed by atoms with Crippen LogP contribution in [0.3, 0.4) is 0 Å². The molecule has 22 heavy (non-hydrogen) atoms. The lowest BCUT2D eigenvalue weighted by molar-refractivity contribution is -0.149. The summed E-state index contributed by atoms with van der Waals surface area (Å²) in [5.74, 6) is -1.71. The molecule has 1 aromatic rings. The minimum Gasteiger partial charge on any atom is -0.465 e. The Morgan fingerprint density at radius 1 is 1.32 bits per heavy atom. The summed E-state index contributed by atoms with van der Waals surface area (Å²) in [6.07, 6.45) is 0. The van der Waals surface area contributed by atoms with Gasteiger partial charge >= 0.3 is 5.97 Å². The first-order chi connectivity index (χ1) is 10.3. The number of esters is 1. The molecule has 1 fully saturated rings. The van der Waals surface area contributed by atoms with E-state index in [9.17, 15) is 17.6 Å². The third kappa shape index (κ3) is 2.52. The average Bonchev–Trinajstić information content (AvgIpc) is 3.20. The van der Waals surface area contributed by atoms with Gasteiger partial charge < -0.3 is 10.5 Å². The van der Waals surface area contributed by atoms with E-state index < -0.39 is 38.2 Å². The predicted molar refractivity (Wildman–Crippen MR) is 80.5 cm³/mol. The first-order valence-electron chi connectivity index (χ1n) is 7.19. The summed E-state index contributed by atoms with van der Waals surface area (Å²) in [5, 5.41) is -0.917. The highest BCUT2D eigenvalue weighted by molar-refractivity contribution is 7.92. The monoisotopic (exact) mass is 329 g/mol. The zero-order chi connectivity index (χ0) is 16.5. The Labute approximate surface area is 129 Å². The SMILES string of the molecule is CCOC(=O)[C@@]1(CN)[C@@H](c2ccc(F)cc2)[C@@H]1S(=O)(=O)CC. The second-order valence-electron chi connectivity index (χ2n) is 5.37. The van der Waals surface area contributed by atoms with E-state index in [1.54, 1.807) is 6.92 Å². The third-order valence-corrected chi connectivity index (χ3v) is 6.54. The molecule has 0 aromatic heterocycles. The van der Waals surface area contributed by atoms with Crippen LogP contribution in [0.1, 0.15) is 25.3 Å². The molecule has 1 aliphatic rings. The van der Waals surface area contributed by atoms with Crippen molar-refractivity contribution < 1.29 is 22.3 Å². The topological polar surface area (TPSA) is 86.5 Å². The van der Waals surface area contributed by atoms with Crippen LogP contribution in [0, 0.1) is 11.2 Å². The largest absolute Gasteiger partial charge is 0.465 e. The van der Waals surface area contributed by atoms with Gasteiger partial charge in [0.1, 0.15) is 11.2 Å². The van der Waals surface area contributed by atoms with Crippen LogP contribution >= 0.6 is 0 Å². The maximum absolute atomic E-state index is 13.1. The van der Waals surface area contributed by atoms with Gasteiger partial charge in [-0.05, 0) is 24.6 Å². The molecule has 2 N–H and O–H groups in total. The lowest BCUT2D eigenvalue weighted by atomic mass is 9.99. The highest BCUT2D eigenvalue weighted by atomic mass is 32.2. The van der Waals surface area contributed by atoms with Crippen molar-refractivity contribution in [3.63, 3.8) is 0 Å². The van der Waals surface area contributed by atoms with Gasteiger partial charge in [0.2, 0.25) is 0 Å². The number of halogens is 1. The Bertz CT molecular complexity index is 659. The molecular weight excluding hydrogens is 309 g/mol. The minimum absolute atomic E-state index is 0.0868. The van der Waals surface area contributed by atoms with E-state index in [0.29, 0.717) is 5.56 Å². The molecule has 1 aromatic carbocycles. The summed E-state index contributed by atoms with van der Waals surface area (Å²) in [6, 6.07) is 5.48. The Morgan fingerprint density at radius 3 is 2.36 bits per heavy atom. The average molecular weight is 329 g/mol. The number of carbonyl (C=O) groups is 1. The van der Waals surface area contributed by atoms with Crippen LogP contribution in [0.15, 0.2) is 24.3 Å². The van der Waals surface area contributed by atoms with Crippen molar-refractivity contribution in [1.29, 1.82) is 0 Å². The molecular formula is C15H20FNO4S. The maximum Gasteiger partial charge on any atom is 0.315 e. The van der Waals surface area contributed by atoms with Crippen LogP contribution in [0.25, 0.3) is 0 Å². The van der Waals surface area contributed by atoms with E-state index in [-0.39, 0.29) is 18.9 Å². The van der Waals surface area contributed by atoms with Gasteiger partial charge in [0.15, 0.2) is 9.84 Å². The van der Waals surface area contributed by atoms with Crippen LogP contribution in [-0.4, -0.2) is 38.5 Å². The number of sulfone groups is 1. The standard InChI is InChI=1S/C15H20FNO4S/c1-3-21-14(18)15(9-17)12(13(15)22(19,20)4-2)10-5-7-11(16)8-6-10/h5-8,12-13H,3-4,9,17H2,1-2H3/t12-,13-,15-/m0/s1. The molecule has 0 radical (unpaired) electrons. The molecule has 0 spiro atoms. The van der Waals surface area contributed by atoms with Crippen LogP contribution in [0.5, 0.6) is 0 Å². The van der Waals surface area contributed by atoms with Crippen LogP contribution < -0.4 is 5.73 Å². The fourth-order valence-electron chi connectivity index (χ4n) is 3.09. The molecule has 2 rings (SSSR count). The number of hydrogen-bond acceptors (Lipinski definition) is 5. The second-order valence-corrected chi connectivity index (χ2v) is 7.78. The molecule has 1 saturated carbocycles. The number of benzene rings is 1.